The number of aromatic hydroxyl groups is 1. The molecule has 1 aromatic carbocycles. The molecule has 2 aliphatic carbocycles. The first-order chi connectivity index (χ1) is 12.4. The van der Waals surface area contributed by atoms with Gasteiger partial charge in [0.1, 0.15) is 5.75 Å². The molecule has 142 valence electrons. The van der Waals surface area contributed by atoms with Crippen molar-refractivity contribution in [1.29, 1.82) is 0 Å². The highest BCUT2D eigenvalue weighted by Crippen LogP contribution is 2.53. The van der Waals surface area contributed by atoms with Crippen LogP contribution in [0.4, 0.5) is 0 Å². The Morgan fingerprint density at radius 2 is 1.58 bits per heavy atom. The van der Waals surface area contributed by atoms with Crippen molar-refractivity contribution in [2.45, 2.75) is 64.7 Å². The molecule has 0 spiro atoms. The molecular weight excluding hydrogens is 322 g/mol. The van der Waals surface area contributed by atoms with Gasteiger partial charge in [-0.15, -0.1) is 0 Å². The highest BCUT2D eigenvalue weighted by molar-refractivity contribution is 5.83. The van der Waals surface area contributed by atoms with Crippen LogP contribution in [-0.4, -0.2) is 29.0 Å². The Kier molecular flexibility index (Phi) is 4.75. The molecule has 2 bridgehead atoms. The maximum absolute atomic E-state index is 13.6. The third-order valence-electron chi connectivity index (χ3n) is 7.23. The Morgan fingerprint density at radius 1 is 1.00 bits per heavy atom. The number of phenols is 1. The van der Waals surface area contributed by atoms with Gasteiger partial charge in [-0.2, -0.15) is 0 Å². The summed E-state index contributed by atoms with van der Waals surface area (Å²) in [4.78, 5) is 15.7. The van der Waals surface area contributed by atoms with Crippen LogP contribution >= 0.6 is 0 Å². The summed E-state index contributed by atoms with van der Waals surface area (Å²) in [5.74, 6) is 3.46. The van der Waals surface area contributed by atoms with Gasteiger partial charge in [0.2, 0.25) is 5.91 Å². The normalized spacial score (nSPS) is 35.3. The number of hydrogen-bond acceptors (Lipinski definition) is 2. The van der Waals surface area contributed by atoms with Crippen molar-refractivity contribution in [1.82, 2.24) is 4.90 Å². The highest BCUT2D eigenvalue weighted by Gasteiger charge is 2.50. The standard InChI is InChI=1S/C23H33NO2/c1-16-11-18-12-17(2)14-23(13-16,15-18)22(26)24-9-7-20(8-10-24)19-3-5-21(25)6-4-19/h3-6,16-18,20,25H,7-15H2,1-2H3. The quantitative estimate of drug-likeness (QED) is 0.815. The molecule has 2 atom stereocenters. The minimum absolute atomic E-state index is 0.0641. The van der Waals surface area contributed by atoms with Gasteiger partial charge in [-0.05, 0) is 86.3 Å². The maximum atomic E-state index is 13.6. The fourth-order valence-corrected chi connectivity index (χ4v) is 6.46. The van der Waals surface area contributed by atoms with Gasteiger partial charge in [0.05, 0.1) is 5.41 Å². The number of hydrogen-bond donors (Lipinski definition) is 1. The number of piperidine rings is 1. The predicted molar refractivity (Wildman–Crippen MR) is 104 cm³/mol. The monoisotopic (exact) mass is 355 g/mol. The minimum atomic E-state index is -0.0641. The summed E-state index contributed by atoms with van der Waals surface area (Å²) in [6, 6.07) is 7.62. The van der Waals surface area contributed by atoms with Gasteiger partial charge in [-0.25, -0.2) is 0 Å². The molecule has 0 radical (unpaired) electrons. The zero-order valence-electron chi connectivity index (χ0n) is 16.3. The lowest BCUT2D eigenvalue weighted by Gasteiger charge is -2.51. The summed E-state index contributed by atoms with van der Waals surface area (Å²) in [6.45, 7) is 6.47. The number of amides is 1. The summed E-state index contributed by atoms with van der Waals surface area (Å²) in [5.41, 5.74) is 1.23. The van der Waals surface area contributed by atoms with Crippen molar-refractivity contribution in [2.24, 2.45) is 23.2 Å². The second kappa shape index (κ2) is 6.90. The van der Waals surface area contributed by atoms with Gasteiger partial charge >= 0.3 is 0 Å². The molecule has 1 aliphatic heterocycles. The summed E-state index contributed by atoms with van der Waals surface area (Å²) in [7, 11) is 0. The molecule has 4 rings (SSSR count). The summed E-state index contributed by atoms with van der Waals surface area (Å²) in [6.07, 6.45) is 8.07. The van der Waals surface area contributed by atoms with Crippen LogP contribution in [0.1, 0.15) is 70.3 Å². The lowest BCUT2D eigenvalue weighted by Crippen LogP contribution is -2.52. The van der Waals surface area contributed by atoms with Crippen LogP contribution in [0.15, 0.2) is 24.3 Å². The summed E-state index contributed by atoms with van der Waals surface area (Å²) < 4.78 is 0. The van der Waals surface area contributed by atoms with Gasteiger partial charge < -0.3 is 10.0 Å². The molecule has 2 saturated carbocycles. The van der Waals surface area contributed by atoms with Gasteiger partial charge in [0.25, 0.3) is 0 Å². The number of rotatable bonds is 2. The van der Waals surface area contributed by atoms with E-state index in [0.717, 1.165) is 51.1 Å². The molecule has 3 aliphatic rings. The topological polar surface area (TPSA) is 40.5 Å². The molecular formula is C23H33NO2. The van der Waals surface area contributed by atoms with Crippen LogP contribution in [0.2, 0.25) is 0 Å². The molecule has 26 heavy (non-hydrogen) atoms. The van der Waals surface area contributed by atoms with Crippen molar-refractivity contribution in [3.63, 3.8) is 0 Å². The third-order valence-corrected chi connectivity index (χ3v) is 7.23. The first-order valence-electron chi connectivity index (χ1n) is 10.5. The first-order valence-corrected chi connectivity index (χ1v) is 10.5. The van der Waals surface area contributed by atoms with Crippen LogP contribution in [0.25, 0.3) is 0 Å². The maximum Gasteiger partial charge on any atom is 0.228 e. The first kappa shape index (κ1) is 17.9. The Hall–Kier alpha value is -1.51. The van der Waals surface area contributed by atoms with E-state index in [4.69, 9.17) is 0 Å². The number of nitrogens with zero attached hydrogens (tertiary/aromatic N) is 1. The number of phenolic OH excluding ortho intramolecular Hbond substituents is 1. The van der Waals surface area contributed by atoms with Gasteiger partial charge in [0, 0.05) is 13.1 Å². The molecule has 3 fully saturated rings. The van der Waals surface area contributed by atoms with Crippen molar-refractivity contribution >= 4 is 5.91 Å². The molecule has 1 saturated heterocycles. The van der Waals surface area contributed by atoms with Crippen molar-refractivity contribution < 1.29 is 9.90 Å². The number of benzene rings is 1. The number of carbonyl (C=O) groups excluding carboxylic acids is 1. The molecule has 3 nitrogen and oxygen atoms in total. The smallest absolute Gasteiger partial charge is 0.228 e. The van der Waals surface area contributed by atoms with Gasteiger partial charge in [-0.3, -0.25) is 4.79 Å². The highest BCUT2D eigenvalue weighted by atomic mass is 16.3. The molecule has 3 heteroatoms. The number of likely N-dealkylation sites (tertiary alicyclic amines) is 1. The second-order valence-electron chi connectivity index (χ2n) is 9.60. The Bertz CT molecular complexity index is 625. The Morgan fingerprint density at radius 3 is 2.15 bits per heavy atom. The van der Waals surface area contributed by atoms with Crippen LogP contribution in [-0.2, 0) is 4.79 Å². The summed E-state index contributed by atoms with van der Waals surface area (Å²) >= 11 is 0. The predicted octanol–water partition coefficient (Wildman–Crippen LogP) is 4.95. The van der Waals surface area contributed by atoms with E-state index in [1.54, 1.807) is 12.1 Å². The van der Waals surface area contributed by atoms with E-state index in [-0.39, 0.29) is 5.41 Å². The number of carbonyl (C=O) groups is 1. The molecule has 1 heterocycles. The third kappa shape index (κ3) is 3.37. The van der Waals surface area contributed by atoms with E-state index in [9.17, 15) is 9.90 Å². The second-order valence-corrected chi connectivity index (χ2v) is 9.60. The average molecular weight is 356 g/mol. The Labute approximate surface area is 157 Å². The molecule has 0 aromatic heterocycles. The average Bonchev–Trinajstić information content (AvgIpc) is 2.60. The van der Waals surface area contributed by atoms with E-state index in [1.807, 2.05) is 12.1 Å². The molecule has 1 N–H and O–H groups in total. The SMILES string of the molecule is CC1CC2CC(C)CC(C(=O)N3CCC(c4ccc(O)cc4)CC3)(C1)C2. The van der Waals surface area contributed by atoms with Crippen LogP contribution in [0, 0.1) is 23.2 Å². The summed E-state index contributed by atoms with van der Waals surface area (Å²) in [5, 5.41) is 9.49. The van der Waals surface area contributed by atoms with Gasteiger partial charge in [0.15, 0.2) is 0 Å². The fraction of sp³-hybridized carbons (Fsp3) is 0.696. The largest absolute Gasteiger partial charge is 0.508 e. The van der Waals surface area contributed by atoms with Crippen LogP contribution in [0.5, 0.6) is 5.75 Å². The van der Waals surface area contributed by atoms with E-state index in [1.165, 1.54) is 18.4 Å². The van der Waals surface area contributed by atoms with E-state index >= 15 is 0 Å². The molecule has 1 aromatic rings. The van der Waals surface area contributed by atoms with Crippen molar-refractivity contribution in [2.75, 3.05) is 13.1 Å². The minimum Gasteiger partial charge on any atom is -0.508 e. The zero-order chi connectivity index (χ0) is 18.3. The lowest BCUT2D eigenvalue weighted by molar-refractivity contribution is -0.152. The molecule has 2 unspecified atom stereocenters. The zero-order valence-corrected chi connectivity index (χ0v) is 16.3. The van der Waals surface area contributed by atoms with Crippen LogP contribution < -0.4 is 0 Å². The number of fused-ring (bicyclic) bond motifs is 2. The molecule has 1 amide bonds. The Balaban J connectivity index is 1.43. The van der Waals surface area contributed by atoms with E-state index < -0.39 is 0 Å². The lowest BCUT2D eigenvalue weighted by atomic mass is 9.56. The van der Waals surface area contributed by atoms with Crippen molar-refractivity contribution in [3.05, 3.63) is 29.8 Å². The van der Waals surface area contributed by atoms with Gasteiger partial charge in [-0.1, -0.05) is 26.0 Å². The fourth-order valence-electron chi connectivity index (χ4n) is 6.46. The van der Waals surface area contributed by atoms with E-state index in [0.29, 0.717) is 29.4 Å². The van der Waals surface area contributed by atoms with E-state index in [2.05, 4.69) is 18.7 Å². The van der Waals surface area contributed by atoms with Crippen LogP contribution in [0.3, 0.4) is 0 Å². The van der Waals surface area contributed by atoms with Crippen molar-refractivity contribution in [3.8, 4) is 5.75 Å².